The van der Waals surface area contributed by atoms with Crippen molar-refractivity contribution in [2.45, 2.75) is 23.9 Å². The molecule has 0 fully saturated rings. The summed E-state index contributed by atoms with van der Waals surface area (Å²) in [6.07, 6.45) is 1.08. The fourth-order valence-electron chi connectivity index (χ4n) is 2.81. The summed E-state index contributed by atoms with van der Waals surface area (Å²) in [5.41, 5.74) is 3.07. The lowest BCUT2D eigenvalue weighted by molar-refractivity contribution is 0.0963. The second kappa shape index (κ2) is 7.39. The summed E-state index contributed by atoms with van der Waals surface area (Å²) in [5.74, 6) is 1.00. The number of hydrogen-bond acceptors (Lipinski definition) is 3. The molecule has 1 aliphatic rings. The lowest BCUT2D eigenvalue weighted by Crippen LogP contribution is -2.24. The second-order valence-corrected chi connectivity index (χ2v) is 7.02. The van der Waals surface area contributed by atoms with Crippen molar-refractivity contribution in [1.29, 1.82) is 0 Å². The number of carbonyl (C=O) groups excluding carboxylic acids is 1. The van der Waals surface area contributed by atoms with Gasteiger partial charge in [-0.1, -0.05) is 35.9 Å². The van der Waals surface area contributed by atoms with Crippen LogP contribution in [0.3, 0.4) is 0 Å². The Bertz CT molecular complexity index is 720. The molecule has 120 valence electrons. The van der Waals surface area contributed by atoms with Gasteiger partial charge in [-0.05, 0) is 41.5 Å². The van der Waals surface area contributed by atoms with Crippen molar-refractivity contribution in [3.63, 3.8) is 0 Å². The van der Waals surface area contributed by atoms with Crippen molar-refractivity contribution in [2.24, 2.45) is 0 Å². The van der Waals surface area contributed by atoms with Crippen LogP contribution in [0.1, 0.15) is 33.9 Å². The highest BCUT2D eigenvalue weighted by atomic mass is 35.5. The summed E-state index contributed by atoms with van der Waals surface area (Å²) in [6.45, 7) is 0.728. The lowest BCUT2D eigenvalue weighted by atomic mass is 10.0. The molecule has 3 nitrogen and oxygen atoms in total. The van der Waals surface area contributed by atoms with Crippen molar-refractivity contribution < 1.29 is 4.79 Å². The summed E-state index contributed by atoms with van der Waals surface area (Å²) < 4.78 is 0. The van der Waals surface area contributed by atoms with E-state index in [9.17, 15) is 4.79 Å². The summed E-state index contributed by atoms with van der Waals surface area (Å²) in [6, 6.07) is 14.1. The smallest absolute Gasteiger partial charge is 0.251 e. The Labute approximate surface area is 145 Å². The molecule has 1 amide bonds. The highest BCUT2D eigenvalue weighted by Crippen LogP contribution is 2.40. The number of hydrogen-bond donors (Lipinski definition) is 2. The molecule has 1 heterocycles. The number of halogens is 1. The molecule has 5 heteroatoms. The van der Waals surface area contributed by atoms with Gasteiger partial charge in [-0.3, -0.25) is 4.79 Å². The van der Waals surface area contributed by atoms with E-state index in [4.69, 9.17) is 11.6 Å². The van der Waals surface area contributed by atoms with E-state index < -0.39 is 0 Å². The van der Waals surface area contributed by atoms with Crippen LogP contribution in [0.5, 0.6) is 0 Å². The SMILES string of the molecule is CNC(=O)c1cccc(CN[C@@H]2CCSc3c(Cl)cccc32)c1. The van der Waals surface area contributed by atoms with Gasteiger partial charge in [-0.15, -0.1) is 11.8 Å². The van der Waals surface area contributed by atoms with E-state index in [1.807, 2.05) is 48.2 Å². The molecule has 3 rings (SSSR count). The van der Waals surface area contributed by atoms with Crippen molar-refractivity contribution in [3.05, 3.63) is 64.2 Å². The van der Waals surface area contributed by atoms with Crippen molar-refractivity contribution in [2.75, 3.05) is 12.8 Å². The standard InChI is InChI=1S/C18H19ClN2OS/c1-20-18(22)13-5-2-4-12(10-13)11-21-16-8-9-23-17-14(16)6-3-7-15(17)19/h2-7,10,16,21H,8-9,11H2,1H3,(H,20,22)/t16-/m1/s1. The Morgan fingerprint density at radius 1 is 1.30 bits per heavy atom. The average Bonchev–Trinajstić information content (AvgIpc) is 2.60. The third-order valence-electron chi connectivity index (χ3n) is 3.99. The van der Waals surface area contributed by atoms with Gasteiger partial charge in [-0.25, -0.2) is 0 Å². The molecule has 0 radical (unpaired) electrons. The summed E-state index contributed by atoms with van der Waals surface area (Å²) >= 11 is 8.13. The number of rotatable bonds is 4. The van der Waals surface area contributed by atoms with Gasteiger partial charge in [0, 0.05) is 30.1 Å². The highest BCUT2D eigenvalue weighted by molar-refractivity contribution is 7.99. The molecule has 0 aliphatic carbocycles. The molecule has 0 unspecified atom stereocenters. The van der Waals surface area contributed by atoms with E-state index in [0.29, 0.717) is 11.6 Å². The Morgan fingerprint density at radius 3 is 2.96 bits per heavy atom. The molecule has 0 saturated carbocycles. The molecule has 1 atom stereocenters. The van der Waals surface area contributed by atoms with Gasteiger partial charge in [0.05, 0.1) is 5.02 Å². The summed E-state index contributed by atoms with van der Waals surface area (Å²) in [4.78, 5) is 12.9. The number of amides is 1. The predicted molar refractivity (Wildman–Crippen MR) is 96.2 cm³/mol. The third kappa shape index (κ3) is 3.71. The monoisotopic (exact) mass is 346 g/mol. The molecular weight excluding hydrogens is 328 g/mol. The van der Waals surface area contributed by atoms with Crippen LogP contribution >= 0.6 is 23.4 Å². The Kier molecular flexibility index (Phi) is 5.26. The molecule has 1 aliphatic heterocycles. The first-order chi connectivity index (χ1) is 11.2. The number of benzene rings is 2. The van der Waals surface area contributed by atoms with Crippen LogP contribution in [0.4, 0.5) is 0 Å². The van der Waals surface area contributed by atoms with Crippen LogP contribution in [0, 0.1) is 0 Å². The van der Waals surface area contributed by atoms with E-state index >= 15 is 0 Å². The van der Waals surface area contributed by atoms with Gasteiger partial charge in [-0.2, -0.15) is 0 Å². The molecule has 0 bridgehead atoms. The van der Waals surface area contributed by atoms with Gasteiger partial charge in [0.2, 0.25) is 0 Å². The van der Waals surface area contributed by atoms with Crippen LogP contribution in [-0.2, 0) is 6.54 Å². The van der Waals surface area contributed by atoms with E-state index in [2.05, 4.69) is 16.7 Å². The average molecular weight is 347 g/mol. The normalized spacial score (nSPS) is 16.7. The molecule has 2 aromatic carbocycles. The largest absolute Gasteiger partial charge is 0.355 e. The minimum absolute atomic E-state index is 0.0574. The molecular formula is C18H19ClN2OS. The van der Waals surface area contributed by atoms with Crippen LogP contribution in [0.25, 0.3) is 0 Å². The van der Waals surface area contributed by atoms with Crippen molar-refractivity contribution >= 4 is 29.3 Å². The molecule has 23 heavy (non-hydrogen) atoms. The van der Waals surface area contributed by atoms with E-state index in [-0.39, 0.29) is 5.91 Å². The Morgan fingerprint density at radius 2 is 2.13 bits per heavy atom. The summed E-state index contributed by atoms with van der Waals surface area (Å²) in [7, 11) is 1.65. The maximum atomic E-state index is 11.7. The number of fused-ring (bicyclic) bond motifs is 1. The number of thioether (sulfide) groups is 1. The molecule has 0 spiro atoms. The van der Waals surface area contributed by atoms with Crippen LogP contribution in [-0.4, -0.2) is 18.7 Å². The zero-order chi connectivity index (χ0) is 16.2. The maximum Gasteiger partial charge on any atom is 0.251 e. The van der Waals surface area contributed by atoms with Gasteiger partial charge in [0.15, 0.2) is 0 Å². The van der Waals surface area contributed by atoms with E-state index in [1.54, 1.807) is 7.05 Å². The first-order valence-electron chi connectivity index (χ1n) is 7.64. The van der Waals surface area contributed by atoms with Gasteiger partial charge in [0.25, 0.3) is 5.91 Å². The third-order valence-corrected chi connectivity index (χ3v) is 5.61. The predicted octanol–water partition coefficient (Wildman–Crippen LogP) is 4.03. The van der Waals surface area contributed by atoms with E-state index in [0.717, 1.165) is 29.3 Å². The number of nitrogens with one attached hydrogen (secondary N) is 2. The lowest BCUT2D eigenvalue weighted by Gasteiger charge is -2.26. The topological polar surface area (TPSA) is 41.1 Å². The van der Waals surface area contributed by atoms with Crippen LogP contribution < -0.4 is 10.6 Å². The Balaban J connectivity index is 1.73. The van der Waals surface area contributed by atoms with Crippen LogP contribution in [0.15, 0.2) is 47.4 Å². The maximum absolute atomic E-state index is 11.7. The molecule has 0 aromatic heterocycles. The first kappa shape index (κ1) is 16.4. The summed E-state index contributed by atoms with van der Waals surface area (Å²) in [5, 5.41) is 7.09. The fourth-order valence-corrected chi connectivity index (χ4v) is 4.29. The van der Waals surface area contributed by atoms with Crippen molar-refractivity contribution in [3.8, 4) is 0 Å². The first-order valence-corrected chi connectivity index (χ1v) is 9.01. The van der Waals surface area contributed by atoms with Crippen LogP contribution in [0.2, 0.25) is 5.02 Å². The quantitative estimate of drug-likeness (QED) is 0.878. The van der Waals surface area contributed by atoms with Crippen molar-refractivity contribution in [1.82, 2.24) is 10.6 Å². The Hall–Kier alpha value is -1.49. The fraction of sp³-hybridized carbons (Fsp3) is 0.278. The molecule has 0 saturated heterocycles. The minimum Gasteiger partial charge on any atom is -0.355 e. The van der Waals surface area contributed by atoms with Gasteiger partial charge in [0.1, 0.15) is 0 Å². The highest BCUT2D eigenvalue weighted by Gasteiger charge is 2.21. The second-order valence-electron chi connectivity index (χ2n) is 5.51. The number of carbonyl (C=O) groups is 1. The van der Waals surface area contributed by atoms with Gasteiger partial charge < -0.3 is 10.6 Å². The zero-order valence-electron chi connectivity index (χ0n) is 12.9. The molecule has 2 N–H and O–H groups in total. The van der Waals surface area contributed by atoms with E-state index in [1.165, 1.54) is 10.5 Å². The molecule has 2 aromatic rings. The zero-order valence-corrected chi connectivity index (χ0v) is 14.5. The van der Waals surface area contributed by atoms with Gasteiger partial charge >= 0.3 is 0 Å². The minimum atomic E-state index is -0.0574.